The highest BCUT2D eigenvalue weighted by molar-refractivity contribution is 6.80. The summed E-state index contributed by atoms with van der Waals surface area (Å²) in [4.78, 5) is 0. The van der Waals surface area contributed by atoms with Crippen LogP contribution in [0.4, 0.5) is 0 Å². The summed E-state index contributed by atoms with van der Waals surface area (Å²) in [7, 11) is -0.0912. The van der Waals surface area contributed by atoms with Crippen LogP contribution in [0.15, 0.2) is 127 Å². The van der Waals surface area contributed by atoms with E-state index in [9.17, 15) is 5.11 Å². The molecule has 1 N–H and O–H groups in total. The van der Waals surface area contributed by atoms with Crippen LogP contribution in [0, 0.1) is 0 Å². The maximum Gasteiger partial charge on any atom is 0.352 e. The number of benzene rings is 5. The number of aromatic hydroxyl groups is 1. The first-order valence-electron chi connectivity index (χ1n) is 13.7. The molecule has 0 fully saturated rings. The van der Waals surface area contributed by atoms with Gasteiger partial charge in [0.15, 0.2) is 0 Å². The minimum Gasteiger partial charge on any atom is -0.532 e. The fourth-order valence-corrected chi connectivity index (χ4v) is 6.85. The van der Waals surface area contributed by atoms with Gasteiger partial charge < -0.3 is 19.0 Å². The average Bonchev–Trinajstić information content (AvgIpc) is 2.98. The summed E-state index contributed by atoms with van der Waals surface area (Å²) in [5, 5.41) is 13.5. The maximum atomic E-state index is 11.2. The molecule has 0 aliphatic rings. The Balaban J connectivity index is 1.71. The van der Waals surface area contributed by atoms with E-state index >= 15 is 0 Å². The van der Waals surface area contributed by atoms with Crippen LogP contribution in [0.25, 0.3) is 0 Å². The van der Waals surface area contributed by atoms with Crippen molar-refractivity contribution in [2.75, 3.05) is 7.11 Å². The fourth-order valence-electron chi connectivity index (χ4n) is 4.90. The van der Waals surface area contributed by atoms with Gasteiger partial charge in [-0.15, -0.1) is 0 Å². The van der Waals surface area contributed by atoms with Crippen molar-refractivity contribution in [3.05, 3.63) is 144 Å². The molecule has 1 radical (unpaired) electrons. The van der Waals surface area contributed by atoms with Gasteiger partial charge in [0.25, 0.3) is 0 Å². The topological polar surface area (TPSA) is 47.9 Å². The van der Waals surface area contributed by atoms with Crippen molar-refractivity contribution >= 4 is 19.4 Å². The van der Waals surface area contributed by atoms with E-state index in [2.05, 4.69) is 66.7 Å². The summed E-state index contributed by atoms with van der Waals surface area (Å²) in [5.74, 6) is 1.91. The zero-order valence-corrected chi connectivity index (χ0v) is 24.9. The predicted octanol–water partition coefficient (Wildman–Crippen LogP) is 6.94. The summed E-state index contributed by atoms with van der Waals surface area (Å²) in [6.45, 7) is 6.10. The molecule has 1 atom stereocenters. The third kappa shape index (κ3) is 6.81. The number of hydrogen-bond acceptors (Lipinski definition) is 4. The van der Waals surface area contributed by atoms with Crippen molar-refractivity contribution in [2.24, 2.45) is 0 Å². The first-order valence-corrected chi connectivity index (χ1v) is 15.1. The van der Waals surface area contributed by atoms with Crippen LogP contribution in [0.5, 0.6) is 23.0 Å². The van der Waals surface area contributed by atoms with Gasteiger partial charge in [0.05, 0.1) is 7.11 Å². The quantitative estimate of drug-likeness (QED) is 0.157. The largest absolute Gasteiger partial charge is 0.532 e. The number of phenolic OH excluding ortho intramolecular Hbond substituents is 1. The van der Waals surface area contributed by atoms with Crippen LogP contribution >= 0.6 is 0 Å². The highest BCUT2D eigenvalue weighted by Crippen LogP contribution is 2.43. The summed E-state index contributed by atoms with van der Waals surface area (Å²) in [5.41, 5.74) is 2.36. The Kier molecular flexibility index (Phi) is 8.46. The number of hydrogen-bond donors (Lipinski definition) is 1. The van der Waals surface area contributed by atoms with Crippen molar-refractivity contribution < 1.29 is 19.0 Å². The number of rotatable bonds is 9. The molecule has 0 aliphatic heterocycles. The smallest absolute Gasteiger partial charge is 0.352 e. The van der Waals surface area contributed by atoms with Crippen molar-refractivity contribution in [3.8, 4) is 23.0 Å². The zero-order valence-electron chi connectivity index (χ0n) is 23.9. The number of methoxy groups -OCH3 is 1. The van der Waals surface area contributed by atoms with Crippen LogP contribution in [-0.2, 0) is 0 Å². The Morgan fingerprint density at radius 1 is 0.634 bits per heavy atom. The second kappa shape index (κ2) is 12.4. The first-order chi connectivity index (χ1) is 19.8. The standard InChI is InChI=1S/C36H35O4Si/c1-36(2,3)39-28-21-23-32(35(26-14-8-5-9-15-26)31-22-20-27(38-4)24-33(31)37)34(25-28)40-41(29-16-10-6-11-17-29)30-18-12-7-13-19-30/h5-25,35,37H,1-4H3. The third-order valence-corrected chi connectivity index (χ3v) is 8.83. The van der Waals surface area contributed by atoms with E-state index in [-0.39, 0.29) is 17.3 Å². The molecule has 0 spiro atoms. The second-order valence-electron chi connectivity index (χ2n) is 10.8. The second-order valence-corrected chi connectivity index (χ2v) is 12.9. The van der Waals surface area contributed by atoms with Crippen LogP contribution in [0.2, 0.25) is 0 Å². The Labute approximate surface area is 244 Å². The molecule has 5 aromatic carbocycles. The van der Waals surface area contributed by atoms with E-state index in [0.717, 1.165) is 38.6 Å². The van der Waals surface area contributed by atoms with Crippen LogP contribution in [-0.4, -0.2) is 26.9 Å². The molecule has 0 bridgehead atoms. The van der Waals surface area contributed by atoms with E-state index in [1.54, 1.807) is 13.2 Å². The van der Waals surface area contributed by atoms with Gasteiger partial charge in [0, 0.05) is 29.2 Å². The maximum absolute atomic E-state index is 11.2. The van der Waals surface area contributed by atoms with Crippen molar-refractivity contribution in [3.63, 3.8) is 0 Å². The molecule has 0 amide bonds. The monoisotopic (exact) mass is 559 g/mol. The van der Waals surface area contributed by atoms with E-state index in [1.165, 1.54) is 0 Å². The Morgan fingerprint density at radius 2 is 1.17 bits per heavy atom. The zero-order chi connectivity index (χ0) is 28.8. The molecule has 0 aromatic heterocycles. The molecule has 5 aromatic rings. The lowest BCUT2D eigenvalue weighted by Gasteiger charge is -2.27. The van der Waals surface area contributed by atoms with Gasteiger partial charge in [-0.1, -0.05) is 103 Å². The van der Waals surface area contributed by atoms with Crippen molar-refractivity contribution in [2.45, 2.75) is 32.3 Å². The molecule has 41 heavy (non-hydrogen) atoms. The minimum absolute atomic E-state index is 0.163. The minimum atomic E-state index is -1.69. The van der Waals surface area contributed by atoms with Crippen LogP contribution in [0.1, 0.15) is 43.4 Å². The van der Waals surface area contributed by atoms with E-state index in [0.29, 0.717) is 5.75 Å². The Bertz CT molecular complexity index is 1530. The van der Waals surface area contributed by atoms with Crippen molar-refractivity contribution in [1.82, 2.24) is 0 Å². The van der Waals surface area contributed by atoms with E-state index < -0.39 is 9.04 Å². The molecule has 207 valence electrons. The molecule has 5 heteroatoms. The highest BCUT2D eigenvalue weighted by Gasteiger charge is 2.28. The third-order valence-electron chi connectivity index (χ3n) is 6.69. The van der Waals surface area contributed by atoms with E-state index in [1.807, 2.05) is 75.4 Å². The molecule has 0 saturated carbocycles. The molecule has 0 aliphatic carbocycles. The normalized spacial score (nSPS) is 12.1. The van der Waals surface area contributed by atoms with Gasteiger partial charge in [0.2, 0.25) is 0 Å². The van der Waals surface area contributed by atoms with Crippen LogP contribution < -0.4 is 24.3 Å². The van der Waals surface area contributed by atoms with Crippen LogP contribution in [0.3, 0.4) is 0 Å². The average molecular weight is 560 g/mol. The summed E-state index contributed by atoms with van der Waals surface area (Å²) >= 11 is 0. The summed E-state index contributed by atoms with van der Waals surface area (Å²) < 4.78 is 18.8. The molecular formula is C36H35O4Si. The SMILES string of the molecule is COc1ccc(C(c2ccccc2)c2ccc(OC(C)(C)C)cc2O[Si](c2ccccc2)c2ccccc2)c(O)c1. The Morgan fingerprint density at radius 3 is 1.71 bits per heavy atom. The van der Waals surface area contributed by atoms with Gasteiger partial charge >= 0.3 is 9.04 Å². The fraction of sp³-hybridized carbons (Fsp3) is 0.167. The molecule has 0 saturated heterocycles. The molecule has 1 unspecified atom stereocenters. The lowest BCUT2D eigenvalue weighted by atomic mass is 9.84. The molecule has 0 heterocycles. The first kappa shape index (κ1) is 28.1. The molecule has 4 nitrogen and oxygen atoms in total. The van der Waals surface area contributed by atoms with Gasteiger partial charge in [-0.2, -0.15) is 0 Å². The van der Waals surface area contributed by atoms with Gasteiger partial charge in [-0.05, 0) is 48.8 Å². The van der Waals surface area contributed by atoms with E-state index in [4.69, 9.17) is 13.9 Å². The lowest BCUT2D eigenvalue weighted by molar-refractivity contribution is 0.130. The highest BCUT2D eigenvalue weighted by atomic mass is 28.3. The van der Waals surface area contributed by atoms with Gasteiger partial charge in [0.1, 0.15) is 28.6 Å². The van der Waals surface area contributed by atoms with Gasteiger partial charge in [-0.25, -0.2) is 0 Å². The molecule has 5 rings (SSSR count). The lowest BCUT2D eigenvalue weighted by Crippen LogP contribution is -2.47. The predicted molar refractivity (Wildman–Crippen MR) is 167 cm³/mol. The number of phenols is 1. The number of ether oxygens (including phenoxy) is 2. The molecular weight excluding hydrogens is 524 g/mol. The van der Waals surface area contributed by atoms with Gasteiger partial charge in [-0.3, -0.25) is 0 Å². The summed E-state index contributed by atoms with van der Waals surface area (Å²) in [6.07, 6.45) is 0. The Hall–Kier alpha value is -4.48. The summed E-state index contributed by atoms with van der Waals surface area (Å²) in [6, 6.07) is 42.5. The van der Waals surface area contributed by atoms with Crippen molar-refractivity contribution in [1.29, 1.82) is 0 Å².